The van der Waals surface area contributed by atoms with E-state index in [-0.39, 0.29) is 92.8 Å². The minimum atomic E-state index is -0.853. The number of benzene rings is 2. The molecule has 7 rings (SSSR count). The fourth-order valence-electron chi connectivity index (χ4n) is 9.79. The lowest BCUT2D eigenvalue weighted by Gasteiger charge is -2.35. The second-order valence-electron chi connectivity index (χ2n) is 19.0. The standard InChI is InChI=1S/C51H66N8O10S/c1-30(2)47(51(66)58-27-39(61)24-41(58)49(64)53-26-34-11-13-36(14-12-34)48-32(4)54-29-70-48)43-25-45(56-69-43)67-23-7-9-35-8-6-10-42(31(35)3)68-28-37(15-18-44(52)62)55-50(65)40-17-16-38-19-21-57(33(5)60)22-20-46(63)59(38)40/h6,8,10-14,25,29-30,37-41,47,61H,7,9,15-24,26-28H2,1-5H3,(H2,52,62)(H,53,64)(H,55,65)/t37-,38+,39+,40-,41-,47+/m0/s1. The molecule has 2 aromatic heterocycles. The molecular weight excluding hydrogens is 917 g/mol. The number of hydrogen-bond acceptors (Lipinski definition) is 13. The van der Waals surface area contributed by atoms with E-state index >= 15 is 0 Å². The van der Waals surface area contributed by atoms with Gasteiger partial charge in [-0.25, -0.2) is 4.98 Å². The van der Waals surface area contributed by atoms with E-state index in [2.05, 4.69) is 20.8 Å². The molecule has 0 radical (unpaired) electrons. The Balaban J connectivity index is 0.896. The first-order valence-electron chi connectivity index (χ1n) is 24.3. The fraction of sp³-hybridized carbons (Fsp3) is 0.529. The zero-order valence-electron chi connectivity index (χ0n) is 40.7. The van der Waals surface area contributed by atoms with Crippen LogP contribution in [0.4, 0.5) is 0 Å². The maximum atomic E-state index is 14.2. The number of thiazole rings is 1. The van der Waals surface area contributed by atoms with Gasteiger partial charge in [-0.3, -0.25) is 28.8 Å². The summed E-state index contributed by atoms with van der Waals surface area (Å²) in [4.78, 5) is 88.8. The van der Waals surface area contributed by atoms with Gasteiger partial charge >= 0.3 is 0 Å². The molecule has 2 aromatic carbocycles. The van der Waals surface area contributed by atoms with Crippen LogP contribution in [0.1, 0.15) is 106 Å². The minimum absolute atomic E-state index is 0.0199. The predicted octanol–water partition coefficient (Wildman–Crippen LogP) is 4.58. The molecule has 3 aliphatic heterocycles. The summed E-state index contributed by atoms with van der Waals surface area (Å²) >= 11 is 1.57. The highest BCUT2D eigenvalue weighted by Crippen LogP contribution is 2.34. The van der Waals surface area contributed by atoms with Gasteiger partial charge in [0.2, 0.25) is 35.4 Å². The van der Waals surface area contributed by atoms with Gasteiger partial charge in [0.25, 0.3) is 5.88 Å². The normalized spacial score (nSPS) is 20.1. The van der Waals surface area contributed by atoms with Gasteiger partial charge in [0.15, 0.2) is 5.76 Å². The fourth-order valence-corrected chi connectivity index (χ4v) is 10.6. The summed E-state index contributed by atoms with van der Waals surface area (Å²) in [6.45, 7) is 10.7. The van der Waals surface area contributed by atoms with Crippen LogP contribution >= 0.6 is 11.3 Å². The van der Waals surface area contributed by atoms with Crippen molar-refractivity contribution in [3.63, 3.8) is 0 Å². The summed E-state index contributed by atoms with van der Waals surface area (Å²) in [5.74, 6) is -1.54. The number of aromatic nitrogens is 2. The first kappa shape index (κ1) is 51.5. The van der Waals surface area contributed by atoms with Crippen LogP contribution in [0.2, 0.25) is 0 Å². The number of nitrogens with two attached hydrogens (primary N) is 1. The number of aryl methyl sites for hydroxylation is 2. The molecule has 0 aliphatic carbocycles. The SMILES string of the molecule is CC(=O)N1CCC(=O)N2[C@H](CC[C@H]2C(=O)N[C@@H](CCC(N)=O)COc2cccc(CCCOc3cc([C@H](C(=O)N4C[C@H](O)C[C@H]4C(=O)NCc4ccc(-c5scnc5C)cc4)C(C)C)on3)c2C)CC1. The van der Waals surface area contributed by atoms with Crippen LogP contribution < -0.4 is 25.8 Å². The molecular formula is C51H66N8O10S. The number of likely N-dealkylation sites (tertiary alicyclic amines) is 1. The van der Waals surface area contributed by atoms with Gasteiger partial charge in [0.1, 0.15) is 30.4 Å². The molecule has 18 nitrogen and oxygen atoms in total. The average Bonchev–Trinajstić information content (AvgIpc) is 4.15. The number of carbonyl (C=O) groups is 6. The van der Waals surface area contributed by atoms with E-state index in [1.165, 1.54) is 11.8 Å². The van der Waals surface area contributed by atoms with Gasteiger partial charge in [0.05, 0.1) is 34.8 Å². The topological polar surface area (TPSA) is 240 Å². The molecule has 3 fully saturated rings. The molecule has 19 heteroatoms. The molecule has 5 N–H and O–H groups in total. The molecule has 70 heavy (non-hydrogen) atoms. The smallest absolute Gasteiger partial charge is 0.254 e. The number of nitrogens with one attached hydrogen (secondary N) is 2. The molecule has 4 aromatic rings. The van der Waals surface area contributed by atoms with E-state index in [9.17, 15) is 33.9 Å². The number of hydrogen-bond donors (Lipinski definition) is 4. The van der Waals surface area contributed by atoms with Gasteiger partial charge in [-0.05, 0) is 91.8 Å². The van der Waals surface area contributed by atoms with Crippen molar-refractivity contribution in [2.75, 3.05) is 32.8 Å². The van der Waals surface area contributed by atoms with Crippen LogP contribution in [0.15, 0.2) is 58.6 Å². The number of β-amino-alcohol motifs (C(OH)–C–C–N with tert-alkyl or cyclic N) is 1. The maximum Gasteiger partial charge on any atom is 0.254 e. The molecule has 6 amide bonds. The van der Waals surface area contributed by atoms with Crippen molar-refractivity contribution in [1.29, 1.82) is 0 Å². The summed E-state index contributed by atoms with van der Waals surface area (Å²) in [6.07, 6.45) is 2.75. The first-order valence-corrected chi connectivity index (χ1v) is 25.2. The number of amides is 6. The Morgan fingerprint density at radius 1 is 1.00 bits per heavy atom. The number of aliphatic hydroxyl groups excluding tert-OH is 1. The van der Waals surface area contributed by atoms with Crippen molar-refractivity contribution in [3.8, 4) is 22.1 Å². The number of ether oxygens (including phenoxy) is 2. The van der Waals surface area contributed by atoms with Gasteiger partial charge in [-0.2, -0.15) is 0 Å². The third-order valence-corrected chi connectivity index (χ3v) is 14.6. The van der Waals surface area contributed by atoms with Gasteiger partial charge < -0.3 is 50.2 Å². The first-order chi connectivity index (χ1) is 33.6. The van der Waals surface area contributed by atoms with E-state index in [0.29, 0.717) is 63.3 Å². The summed E-state index contributed by atoms with van der Waals surface area (Å²) in [5.41, 5.74) is 12.2. The van der Waals surface area contributed by atoms with Crippen molar-refractivity contribution in [3.05, 3.63) is 82.2 Å². The van der Waals surface area contributed by atoms with Crippen molar-refractivity contribution >= 4 is 46.8 Å². The highest BCUT2D eigenvalue weighted by Gasteiger charge is 2.44. The summed E-state index contributed by atoms with van der Waals surface area (Å²) < 4.78 is 17.9. The third kappa shape index (κ3) is 12.7. The third-order valence-electron chi connectivity index (χ3n) is 13.7. The number of fused-ring (bicyclic) bond motifs is 1. The molecule has 3 aliphatic rings. The second-order valence-corrected chi connectivity index (χ2v) is 19.8. The van der Waals surface area contributed by atoms with Gasteiger partial charge in [0, 0.05) is 64.5 Å². The molecule has 3 saturated heterocycles. The Bertz CT molecular complexity index is 2490. The zero-order chi connectivity index (χ0) is 50.1. The molecule has 0 bridgehead atoms. The van der Waals surface area contributed by atoms with Crippen molar-refractivity contribution in [2.24, 2.45) is 11.7 Å². The molecule has 376 valence electrons. The average molecular weight is 983 g/mol. The Morgan fingerprint density at radius 3 is 2.50 bits per heavy atom. The number of primary amides is 1. The Kier molecular flexibility index (Phi) is 17.3. The van der Waals surface area contributed by atoms with Crippen molar-refractivity contribution in [2.45, 2.75) is 135 Å². The highest BCUT2D eigenvalue weighted by molar-refractivity contribution is 7.13. The van der Waals surface area contributed by atoms with Crippen LogP contribution in [0.3, 0.4) is 0 Å². The van der Waals surface area contributed by atoms with Gasteiger partial charge in [-0.15, -0.1) is 11.3 Å². The lowest BCUT2D eigenvalue weighted by Crippen LogP contribution is -2.54. The van der Waals surface area contributed by atoms with Crippen LogP contribution in [0.5, 0.6) is 11.6 Å². The highest BCUT2D eigenvalue weighted by atomic mass is 32.1. The van der Waals surface area contributed by atoms with Crippen molar-refractivity contribution < 1.29 is 47.9 Å². The molecule has 0 unspecified atom stereocenters. The van der Waals surface area contributed by atoms with Gasteiger partial charge in [-0.1, -0.05) is 50.2 Å². The summed E-state index contributed by atoms with van der Waals surface area (Å²) in [5, 5.41) is 20.8. The molecule has 6 atom stereocenters. The maximum absolute atomic E-state index is 14.2. The number of nitrogens with zero attached hydrogens (tertiary/aromatic N) is 5. The molecule has 5 heterocycles. The Hall–Kier alpha value is -6.34. The monoisotopic (exact) mass is 982 g/mol. The minimum Gasteiger partial charge on any atom is -0.491 e. The molecule has 0 spiro atoms. The van der Waals surface area contributed by atoms with Crippen molar-refractivity contribution in [1.82, 2.24) is 35.5 Å². The van der Waals surface area contributed by atoms with Crippen LogP contribution in [-0.4, -0.2) is 129 Å². The van der Waals surface area contributed by atoms with Crippen LogP contribution in [0.25, 0.3) is 10.4 Å². The van der Waals surface area contributed by atoms with E-state index in [0.717, 1.165) is 32.8 Å². The second kappa shape index (κ2) is 23.5. The quantitative estimate of drug-likeness (QED) is 0.0891. The molecule has 0 saturated carbocycles. The number of aliphatic hydroxyl groups is 1. The van der Waals surface area contributed by atoms with E-state index in [4.69, 9.17) is 19.7 Å². The van der Waals surface area contributed by atoms with E-state index in [1.54, 1.807) is 27.2 Å². The summed E-state index contributed by atoms with van der Waals surface area (Å²) in [7, 11) is 0. The predicted molar refractivity (Wildman–Crippen MR) is 260 cm³/mol. The summed E-state index contributed by atoms with van der Waals surface area (Å²) in [6, 6.07) is 13.1. The largest absolute Gasteiger partial charge is 0.491 e. The lowest BCUT2D eigenvalue weighted by atomic mass is 9.91. The van der Waals surface area contributed by atoms with Crippen LogP contribution in [-0.2, 0) is 41.7 Å². The Labute approximate surface area is 412 Å². The van der Waals surface area contributed by atoms with E-state index < -0.39 is 36.1 Å². The van der Waals surface area contributed by atoms with E-state index in [1.807, 2.05) is 75.7 Å². The number of carbonyl (C=O) groups excluding carboxylic acids is 6. The zero-order valence-corrected chi connectivity index (χ0v) is 41.5. The number of rotatable bonds is 20. The lowest BCUT2D eigenvalue weighted by molar-refractivity contribution is -0.143. The van der Waals surface area contributed by atoms with Crippen LogP contribution in [0, 0.1) is 19.8 Å². The Morgan fingerprint density at radius 2 is 1.79 bits per heavy atom.